The quantitative estimate of drug-likeness (QED) is 0.256. The maximum Gasteiger partial charge on any atom is 0.325 e. The van der Waals surface area contributed by atoms with E-state index >= 15 is 0 Å². The Morgan fingerprint density at radius 1 is 0.972 bits per heavy atom. The number of nitrogens with zero attached hydrogens (tertiary/aromatic N) is 1. The van der Waals surface area contributed by atoms with Crippen molar-refractivity contribution in [2.75, 3.05) is 39.9 Å². The Morgan fingerprint density at radius 3 is 2.61 bits per heavy atom. The average molecular weight is 515 g/mol. The topological polar surface area (TPSA) is 91.9 Å². The highest BCUT2D eigenvalue weighted by molar-refractivity contribution is 7.98. The third-order valence-electron chi connectivity index (χ3n) is 5.85. The van der Waals surface area contributed by atoms with Crippen LogP contribution in [0.15, 0.2) is 53.4 Å². The summed E-state index contributed by atoms with van der Waals surface area (Å²) in [6, 6.07) is 15.4. The van der Waals surface area contributed by atoms with Crippen LogP contribution in [-0.4, -0.2) is 56.7 Å². The second-order valence-electron chi connectivity index (χ2n) is 8.75. The smallest absolute Gasteiger partial charge is 0.325 e. The van der Waals surface area contributed by atoms with E-state index in [1.807, 2.05) is 36.4 Å². The van der Waals surface area contributed by atoms with Crippen LogP contribution < -0.4 is 24.8 Å². The van der Waals surface area contributed by atoms with Gasteiger partial charge in [0.2, 0.25) is 5.91 Å². The minimum atomic E-state index is -0.302. The molecule has 1 fully saturated rings. The predicted molar refractivity (Wildman–Crippen MR) is 143 cm³/mol. The van der Waals surface area contributed by atoms with Gasteiger partial charge in [-0.15, -0.1) is 0 Å². The van der Waals surface area contributed by atoms with Gasteiger partial charge in [-0.1, -0.05) is 30.7 Å². The molecule has 0 aromatic heterocycles. The van der Waals surface area contributed by atoms with E-state index in [9.17, 15) is 9.59 Å². The standard InChI is InChI=1S/C27H38N4O4S/c1-34-24-12-3-4-13-25(24)36-30-27(33)29-15-8-14-26(32)28-16-9-19-35-23-11-7-10-22(20-23)21-31-17-5-2-6-18-31/h3-4,7,10-13,20H,2,5-6,8-9,14-19,21H2,1H3,(H,28,32)(H2,29,30,33). The summed E-state index contributed by atoms with van der Waals surface area (Å²) in [7, 11) is 1.59. The fourth-order valence-electron chi connectivity index (χ4n) is 3.98. The van der Waals surface area contributed by atoms with Gasteiger partial charge in [0.15, 0.2) is 0 Å². The number of benzene rings is 2. The molecule has 0 saturated carbocycles. The zero-order valence-electron chi connectivity index (χ0n) is 21.1. The van der Waals surface area contributed by atoms with Gasteiger partial charge in [-0.2, -0.15) is 0 Å². The number of carbonyl (C=O) groups excluding carboxylic acids is 2. The summed E-state index contributed by atoms with van der Waals surface area (Å²) in [6.07, 6.45) is 5.59. The maximum atomic E-state index is 12.0. The number of methoxy groups -OCH3 is 1. The molecule has 9 heteroatoms. The number of nitrogens with one attached hydrogen (secondary N) is 3. The fourth-order valence-corrected chi connectivity index (χ4v) is 4.65. The number of para-hydroxylation sites is 1. The molecule has 8 nitrogen and oxygen atoms in total. The van der Waals surface area contributed by atoms with E-state index in [1.54, 1.807) is 7.11 Å². The lowest BCUT2D eigenvalue weighted by Crippen LogP contribution is -2.33. The molecule has 0 aliphatic carbocycles. The molecule has 3 N–H and O–H groups in total. The van der Waals surface area contributed by atoms with Crippen LogP contribution in [0.1, 0.15) is 44.1 Å². The molecular weight excluding hydrogens is 476 g/mol. The number of hydrogen-bond donors (Lipinski definition) is 3. The highest BCUT2D eigenvalue weighted by atomic mass is 32.2. The number of carbonyl (C=O) groups is 2. The van der Waals surface area contributed by atoms with Gasteiger partial charge in [0.25, 0.3) is 0 Å². The van der Waals surface area contributed by atoms with E-state index in [0.717, 1.165) is 23.6 Å². The lowest BCUT2D eigenvalue weighted by Gasteiger charge is -2.26. The summed E-state index contributed by atoms with van der Waals surface area (Å²) in [5, 5.41) is 5.67. The van der Waals surface area contributed by atoms with Gasteiger partial charge in [-0.25, -0.2) is 4.79 Å². The second-order valence-corrected chi connectivity index (χ2v) is 9.60. The minimum absolute atomic E-state index is 0.0240. The molecule has 1 aliphatic rings. The highest BCUT2D eigenvalue weighted by Crippen LogP contribution is 2.26. The van der Waals surface area contributed by atoms with E-state index in [2.05, 4.69) is 32.4 Å². The largest absolute Gasteiger partial charge is 0.496 e. The number of ether oxygens (including phenoxy) is 2. The third kappa shape index (κ3) is 10.4. The van der Waals surface area contributed by atoms with Crippen molar-refractivity contribution in [3.8, 4) is 11.5 Å². The molecular formula is C27H38N4O4S. The van der Waals surface area contributed by atoms with Gasteiger partial charge in [-0.05, 0) is 80.5 Å². The molecule has 0 atom stereocenters. The molecule has 1 saturated heterocycles. The van der Waals surface area contributed by atoms with E-state index in [4.69, 9.17) is 9.47 Å². The van der Waals surface area contributed by atoms with Gasteiger partial charge in [0.1, 0.15) is 11.5 Å². The summed E-state index contributed by atoms with van der Waals surface area (Å²) in [5.41, 5.74) is 1.28. The summed E-state index contributed by atoms with van der Waals surface area (Å²) in [4.78, 5) is 27.3. The Morgan fingerprint density at radius 2 is 1.78 bits per heavy atom. The van der Waals surface area contributed by atoms with Crippen LogP contribution in [0.5, 0.6) is 11.5 Å². The van der Waals surface area contributed by atoms with Crippen LogP contribution in [0.25, 0.3) is 0 Å². The zero-order chi connectivity index (χ0) is 25.4. The molecule has 0 unspecified atom stereocenters. The molecule has 196 valence electrons. The molecule has 1 heterocycles. The summed E-state index contributed by atoms with van der Waals surface area (Å²) in [5.74, 6) is 1.56. The lowest BCUT2D eigenvalue weighted by atomic mass is 10.1. The molecule has 2 aromatic rings. The van der Waals surface area contributed by atoms with Crippen LogP contribution in [0.2, 0.25) is 0 Å². The minimum Gasteiger partial charge on any atom is -0.496 e. The third-order valence-corrected chi connectivity index (χ3v) is 6.70. The number of rotatable bonds is 14. The molecule has 0 bridgehead atoms. The van der Waals surface area contributed by atoms with Crippen LogP contribution in [0, 0.1) is 0 Å². The fraction of sp³-hybridized carbons (Fsp3) is 0.481. The highest BCUT2D eigenvalue weighted by Gasteiger charge is 2.11. The van der Waals surface area contributed by atoms with E-state index in [1.165, 1.54) is 49.9 Å². The first-order valence-electron chi connectivity index (χ1n) is 12.7. The van der Waals surface area contributed by atoms with Gasteiger partial charge in [0.05, 0.1) is 18.6 Å². The van der Waals surface area contributed by atoms with Crippen molar-refractivity contribution < 1.29 is 19.1 Å². The van der Waals surface area contributed by atoms with Crippen LogP contribution in [0.4, 0.5) is 4.79 Å². The van der Waals surface area contributed by atoms with E-state index < -0.39 is 0 Å². The number of likely N-dealkylation sites (tertiary alicyclic amines) is 1. The SMILES string of the molecule is COc1ccccc1SNC(=O)NCCCC(=O)NCCCOc1cccc(CN2CCCCC2)c1. The van der Waals surface area contributed by atoms with Crippen molar-refractivity contribution in [2.24, 2.45) is 0 Å². The van der Waals surface area contributed by atoms with Gasteiger partial charge >= 0.3 is 6.03 Å². The number of piperidine rings is 1. The Kier molecular flexibility index (Phi) is 12.3. The van der Waals surface area contributed by atoms with Crippen molar-refractivity contribution in [1.82, 2.24) is 20.3 Å². The van der Waals surface area contributed by atoms with Crippen molar-refractivity contribution in [3.05, 3.63) is 54.1 Å². The summed E-state index contributed by atoms with van der Waals surface area (Å²) in [6.45, 7) is 4.87. The Balaban J connectivity index is 1.20. The summed E-state index contributed by atoms with van der Waals surface area (Å²) < 4.78 is 13.9. The molecule has 0 radical (unpaired) electrons. The number of urea groups is 1. The normalized spacial score (nSPS) is 13.6. The van der Waals surface area contributed by atoms with E-state index in [0.29, 0.717) is 38.3 Å². The number of amides is 3. The van der Waals surface area contributed by atoms with Gasteiger partial charge in [-0.3, -0.25) is 14.4 Å². The molecule has 3 rings (SSSR count). The molecule has 2 aromatic carbocycles. The van der Waals surface area contributed by atoms with Crippen molar-refractivity contribution in [2.45, 2.75) is 50.0 Å². The molecule has 36 heavy (non-hydrogen) atoms. The van der Waals surface area contributed by atoms with Gasteiger partial charge < -0.3 is 20.1 Å². The average Bonchev–Trinajstić information content (AvgIpc) is 2.90. The Hall–Kier alpha value is -2.91. The lowest BCUT2D eigenvalue weighted by molar-refractivity contribution is -0.121. The monoisotopic (exact) mass is 514 g/mol. The zero-order valence-corrected chi connectivity index (χ0v) is 21.9. The second kappa shape index (κ2) is 16.0. The van der Waals surface area contributed by atoms with Crippen LogP contribution in [0.3, 0.4) is 0 Å². The van der Waals surface area contributed by atoms with E-state index in [-0.39, 0.29) is 11.9 Å². The predicted octanol–water partition coefficient (Wildman–Crippen LogP) is 4.35. The first-order valence-corrected chi connectivity index (χ1v) is 13.5. The molecule has 1 aliphatic heterocycles. The van der Waals surface area contributed by atoms with Crippen LogP contribution >= 0.6 is 11.9 Å². The van der Waals surface area contributed by atoms with Crippen LogP contribution in [-0.2, 0) is 11.3 Å². The first kappa shape index (κ1) is 27.7. The summed E-state index contributed by atoms with van der Waals surface area (Å²) >= 11 is 1.19. The van der Waals surface area contributed by atoms with Crippen molar-refractivity contribution in [3.63, 3.8) is 0 Å². The Bertz CT molecular complexity index is 953. The Labute approximate surface area is 218 Å². The first-order chi connectivity index (χ1) is 17.6. The van der Waals surface area contributed by atoms with Crippen molar-refractivity contribution >= 4 is 23.9 Å². The molecule has 3 amide bonds. The van der Waals surface area contributed by atoms with Gasteiger partial charge in [0, 0.05) is 26.1 Å². The number of hydrogen-bond acceptors (Lipinski definition) is 6. The van der Waals surface area contributed by atoms with Crippen molar-refractivity contribution in [1.29, 1.82) is 0 Å². The molecule has 0 spiro atoms. The maximum absolute atomic E-state index is 12.0.